The normalized spacial score (nSPS) is 26.0. The van der Waals surface area contributed by atoms with Crippen LogP contribution in [0.2, 0.25) is 0 Å². The largest absolute Gasteiger partial charge is 0.394 e. The molecule has 2 aliphatic heterocycles. The van der Waals surface area contributed by atoms with Gasteiger partial charge in [0.15, 0.2) is 0 Å². The Morgan fingerprint density at radius 1 is 0.892 bits per heavy atom. The van der Waals surface area contributed by atoms with Gasteiger partial charge in [0.1, 0.15) is 30.5 Å². The number of para-hydroxylation sites is 1. The minimum atomic E-state index is -1.29. The number of hydrogen-bond donors (Lipinski definition) is 6. The second kappa shape index (κ2) is 7.85. The molecule has 0 radical (unpaired) electrons. The molecule has 5 aromatic rings. The van der Waals surface area contributed by atoms with Gasteiger partial charge < -0.3 is 34.8 Å². The maximum absolute atomic E-state index is 13.0. The molecule has 4 heterocycles. The van der Waals surface area contributed by atoms with Crippen LogP contribution < -0.4 is 5.32 Å². The summed E-state index contributed by atoms with van der Waals surface area (Å²) in [5.41, 5.74) is 4.14. The summed E-state index contributed by atoms with van der Waals surface area (Å²) < 4.78 is 11.2. The summed E-state index contributed by atoms with van der Waals surface area (Å²) in [4.78, 5) is 32.7. The number of aliphatic hydroxyl groups is 3. The van der Waals surface area contributed by atoms with E-state index in [0.29, 0.717) is 44.0 Å². The Hall–Kier alpha value is -3.80. The third-order valence-electron chi connectivity index (χ3n) is 7.68. The second-order valence-electron chi connectivity index (χ2n) is 9.59. The van der Waals surface area contributed by atoms with Gasteiger partial charge in [0.2, 0.25) is 0 Å². The predicted octanol–water partition coefficient (Wildman–Crippen LogP) is 2.01. The molecule has 6 N–H and O–H groups in total. The van der Waals surface area contributed by atoms with Crippen LogP contribution in [0.4, 0.5) is 0 Å². The molecule has 1 fully saturated rings. The average Bonchev–Trinajstić information content (AvgIpc) is 3.55. The van der Waals surface area contributed by atoms with Crippen molar-refractivity contribution in [2.24, 2.45) is 0 Å². The lowest BCUT2D eigenvalue weighted by atomic mass is 9.90. The number of nitrogens with one attached hydrogen (secondary N) is 3. The number of imide groups is 1. The van der Waals surface area contributed by atoms with E-state index in [2.05, 4.69) is 15.3 Å². The lowest BCUT2D eigenvalue weighted by molar-refractivity contribution is -0.238. The molecule has 0 aliphatic carbocycles. The summed E-state index contributed by atoms with van der Waals surface area (Å²) in [5.74, 6) is -0.884. The van der Waals surface area contributed by atoms with Gasteiger partial charge in [-0.15, -0.1) is 0 Å². The first-order valence-electron chi connectivity index (χ1n) is 12.0. The molecular weight excluding hydrogens is 478 g/mol. The van der Waals surface area contributed by atoms with Crippen molar-refractivity contribution >= 4 is 55.4 Å². The highest BCUT2D eigenvalue weighted by Crippen LogP contribution is 2.43. The van der Waals surface area contributed by atoms with Crippen molar-refractivity contribution in [3.05, 3.63) is 59.2 Å². The maximum Gasteiger partial charge on any atom is 0.259 e. The number of aromatic amines is 2. The van der Waals surface area contributed by atoms with Crippen molar-refractivity contribution in [3.63, 3.8) is 0 Å². The molecule has 5 atom stereocenters. The monoisotopic (exact) mass is 501 g/mol. The fourth-order valence-electron chi connectivity index (χ4n) is 6.01. The maximum atomic E-state index is 13.0. The highest BCUT2D eigenvalue weighted by molar-refractivity contribution is 6.39. The summed E-state index contributed by atoms with van der Waals surface area (Å²) in [6.45, 7) is -0.388. The number of amides is 2. The van der Waals surface area contributed by atoms with Crippen LogP contribution in [0.3, 0.4) is 0 Å². The van der Waals surface area contributed by atoms with Crippen molar-refractivity contribution in [1.29, 1.82) is 0 Å². The first-order valence-corrected chi connectivity index (χ1v) is 12.0. The van der Waals surface area contributed by atoms with E-state index >= 15 is 0 Å². The molecule has 10 nitrogen and oxygen atoms in total. The summed E-state index contributed by atoms with van der Waals surface area (Å²) in [7, 11) is 1.38. The molecule has 188 valence electrons. The summed E-state index contributed by atoms with van der Waals surface area (Å²) >= 11 is 0. The first kappa shape index (κ1) is 22.4. The number of ether oxygens (including phenoxy) is 2. The predicted molar refractivity (Wildman–Crippen MR) is 134 cm³/mol. The van der Waals surface area contributed by atoms with Crippen LogP contribution in [-0.4, -0.2) is 75.2 Å². The second-order valence-corrected chi connectivity index (χ2v) is 9.59. The van der Waals surface area contributed by atoms with Crippen molar-refractivity contribution in [2.75, 3.05) is 13.7 Å². The molecule has 0 unspecified atom stereocenters. The van der Waals surface area contributed by atoms with Crippen LogP contribution in [-0.2, 0) is 9.47 Å². The van der Waals surface area contributed by atoms with E-state index in [9.17, 15) is 24.9 Å². The third-order valence-corrected chi connectivity index (χ3v) is 7.68. The van der Waals surface area contributed by atoms with Crippen LogP contribution in [0.15, 0.2) is 42.5 Å². The van der Waals surface area contributed by atoms with Gasteiger partial charge in [-0.2, -0.15) is 0 Å². The number of rotatable bonds is 3. The van der Waals surface area contributed by atoms with Crippen molar-refractivity contribution in [3.8, 4) is 0 Å². The standard InChI is InChI=1S/C27H23N3O7/c1-36-25-15(9-31)37-24(22(32)23(25)33)10-6-7-12-14(8-10)29-21-17(12)19-18(26(34)30-27(19)35)16-11-4-2-3-5-13(11)28-20(16)21/h2-8,15,22-25,28-29,31-33H,9H2,1H3,(H,30,34,35)/t15-,22-,23-,24+,25-/m1/s1. The highest BCUT2D eigenvalue weighted by Gasteiger charge is 2.45. The number of aliphatic hydroxyl groups excluding tert-OH is 3. The molecule has 2 aromatic heterocycles. The van der Waals surface area contributed by atoms with E-state index in [1.807, 2.05) is 24.3 Å². The molecule has 0 spiro atoms. The fraction of sp³-hybridized carbons (Fsp3) is 0.259. The van der Waals surface area contributed by atoms with Gasteiger partial charge in [-0.25, -0.2) is 0 Å². The smallest absolute Gasteiger partial charge is 0.259 e. The lowest BCUT2D eigenvalue weighted by Crippen LogP contribution is -2.56. The summed E-state index contributed by atoms with van der Waals surface area (Å²) in [5, 5.41) is 36.4. The molecule has 2 aliphatic rings. The quantitative estimate of drug-likeness (QED) is 0.207. The van der Waals surface area contributed by atoms with Crippen molar-refractivity contribution in [1.82, 2.24) is 15.3 Å². The van der Waals surface area contributed by atoms with Gasteiger partial charge >= 0.3 is 0 Å². The van der Waals surface area contributed by atoms with Gasteiger partial charge in [0.25, 0.3) is 11.8 Å². The number of carbonyl (C=O) groups excluding carboxylic acids is 2. The number of H-pyrrole nitrogens is 2. The molecule has 7 rings (SSSR count). The Morgan fingerprint density at radius 3 is 2.22 bits per heavy atom. The number of fused-ring (bicyclic) bond motifs is 10. The van der Waals surface area contributed by atoms with E-state index in [-0.39, 0.29) is 6.61 Å². The van der Waals surface area contributed by atoms with E-state index in [0.717, 1.165) is 16.3 Å². The average molecular weight is 501 g/mol. The van der Waals surface area contributed by atoms with E-state index in [1.165, 1.54) is 7.11 Å². The lowest BCUT2D eigenvalue weighted by Gasteiger charge is -2.41. The Labute approximate surface area is 208 Å². The zero-order valence-corrected chi connectivity index (χ0v) is 19.6. The zero-order valence-electron chi connectivity index (χ0n) is 19.6. The van der Waals surface area contributed by atoms with Crippen LogP contribution in [0.1, 0.15) is 32.4 Å². The molecule has 37 heavy (non-hydrogen) atoms. The molecule has 0 saturated carbocycles. The number of aromatic nitrogens is 2. The zero-order chi connectivity index (χ0) is 25.6. The SMILES string of the molecule is CO[C@H]1[C@H](O)[C@@H](O)[C@H](c2ccc3c(c2)[nH]c2c4[nH]c5ccccc5c4c4c(c32)C(=O)NC4=O)O[C@@H]1CO. The summed E-state index contributed by atoms with van der Waals surface area (Å²) in [6, 6.07) is 12.9. The van der Waals surface area contributed by atoms with Crippen LogP contribution in [0.5, 0.6) is 0 Å². The minimum Gasteiger partial charge on any atom is -0.394 e. The molecule has 0 bridgehead atoms. The molecule has 10 heteroatoms. The first-order chi connectivity index (χ1) is 17.9. The Morgan fingerprint density at radius 2 is 1.54 bits per heavy atom. The molecule has 3 aromatic carbocycles. The molecule has 1 saturated heterocycles. The van der Waals surface area contributed by atoms with Crippen LogP contribution >= 0.6 is 0 Å². The van der Waals surface area contributed by atoms with E-state index < -0.39 is 42.3 Å². The fourth-order valence-corrected chi connectivity index (χ4v) is 6.01. The van der Waals surface area contributed by atoms with Crippen LogP contribution in [0.25, 0.3) is 43.6 Å². The molecule has 2 amide bonds. The van der Waals surface area contributed by atoms with Gasteiger partial charge in [-0.1, -0.05) is 30.3 Å². The topological polar surface area (TPSA) is 157 Å². The van der Waals surface area contributed by atoms with E-state index in [4.69, 9.17) is 9.47 Å². The minimum absolute atomic E-state index is 0.323. The third kappa shape index (κ3) is 2.93. The number of hydrogen-bond acceptors (Lipinski definition) is 7. The Bertz CT molecular complexity index is 1770. The Kier molecular flexibility index (Phi) is 4.75. The highest BCUT2D eigenvalue weighted by atomic mass is 16.6. The number of methoxy groups -OCH3 is 1. The van der Waals surface area contributed by atoms with Gasteiger partial charge in [-0.3, -0.25) is 14.9 Å². The van der Waals surface area contributed by atoms with Crippen LogP contribution in [0, 0.1) is 0 Å². The summed E-state index contributed by atoms with van der Waals surface area (Å²) in [6.07, 6.45) is -5.17. The van der Waals surface area contributed by atoms with Crippen molar-refractivity contribution in [2.45, 2.75) is 30.5 Å². The van der Waals surface area contributed by atoms with Crippen molar-refractivity contribution < 1.29 is 34.4 Å². The Balaban J connectivity index is 1.48. The van der Waals surface area contributed by atoms with Gasteiger partial charge in [0, 0.05) is 39.7 Å². The molecular formula is C27H23N3O7. The number of carbonyl (C=O) groups is 2. The van der Waals surface area contributed by atoms with E-state index in [1.54, 1.807) is 18.2 Å². The van der Waals surface area contributed by atoms with Gasteiger partial charge in [0.05, 0.1) is 28.8 Å². The van der Waals surface area contributed by atoms with Gasteiger partial charge in [-0.05, 0) is 17.7 Å². The number of benzene rings is 3.